The molecular formula is C43H86F4KP3. The van der Waals surface area contributed by atoms with Crippen molar-refractivity contribution >= 4 is 39.0 Å². The van der Waals surface area contributed by atoms with Crippen molar-refractivity contribution in [3.05, 3.63) is 98.4 Å². The van der Waals surface area contributed by atoms with Crippen molar-refractivity contribution in [1.29, 1.82) is 0 Å². The molecule has 3 aromatic carbocycles. The maximum atomic E-state index is 10.3. The summed E-state index contributed by atoms with van der Waals surface area (Å²) in [5.74, 6) is 0. The fraction of sp³-hybridized carbons (Fsp3) is 0.558. The minimum absolute atomic E-state index is 0. The quantitative estimate of drug-likeness (QED) is 0.107. The summed E-state index contributed by atoms with van der Waals surface area (Å²) in [6.45, 7) is 39.1. The van der Waals surface area contributed by atoms with Crippen molar-refractivity contribution in [2.45, 2.75) is 103 Å². The molecule has 0 unspecified atom stereocenters. The molecule has 0 saturated carbocycles. The van der Waals surface area contributed by atoms with Crippen LogP contribution in [0.4, 0.5) is 13.5 Å². The van der Waals surface area contributed by atoms with E-state index in [1.165, 1.54) is 43.5 Å². The van der Waals surface area contributed by atoms with Crippen LogP contribution < -0.4 is 72.0 Å². The van der Waals surface area contributed by atoms with Crippen LogP contribution in [0.25, 0.3) is 0 Å². The molecule has 0 N–H and O–H groups in total. The van der Waals surface area contributed by atoms with E-state index in [0.29, 0.717) is 0 Å². The predicted octanol–water partition coefficient (Wildman–Crippen LogP) is 9.19. The Labute approximate surface area is 366 Å². The van der Waals surface area contributed by atoms with Crippen LogP contribution in [0.2, 0.25) is 0 Å². The Hall–Kier alpha value is 0.306. The van der Waals surface area contributed by atoms with Crippen molar-refractivity contribution in [2.24, 2.45) is 0 Å². The summed E-state index contributed by atoms with van der Waals surface area (Å²) in [6.07, 6.45) is 3.80. The van der Waals surface area contributed by atoms with Crippen molar-refractivity contribution < 1.29 is 69.6 Å². The van der Waals surface area contributed by atoms with Crippen LogP contribution in [-0.4, -0.2) is 59.5 Å². The standard InChI is InChI=1S/C10H16P.2C8H11P.2C3H8.2C2H5F.3C2H6.CH3.2FH.K/c1-4-11(2,3)10-8-6-5-7-9-10;2*1-9(2)8-6-4-3-5-7-8;2*1-3-2;2*1-2-3;3*1-2;;;;/h5-9H,4H2,1-3H3;2*3-7H,1-2H3;2*3H2,1-2H3;2*2H2,1H3;3*1-2H3;1H3;2*1H;/q+1;;;;;;;;;;-1;;;+1/p-1/i;;;;;2*3-1;;;;;1-1;;. The number of hydrogen-bond donors (Lipinski definition) is 0. The van der Waals surface area contributed by atoms with Gasteiger partial charge in [0.15, 0.2) is 0 Å². The van der Waals surface area contributed by atoms with Crippen molar-refractivity contribution in [3.63, 3.8) is 0 Å². The van der Waals surface area contributed by atoms with E-state index in [0.717, 1.165) is 0 Å². The van der Waals surface area contributed by atoms with Crippen LogP contribution in [0, 0.1) is 7.43 Å². The van der Waals surface area contributed by atoms with Gasteiger partial charge in [-0.1, -0.05) is 177 Å². The zero-order chi connectivity index (χ0) is 38.5. The van der Waals surface area contributed by atoms with Crippen molar-refractivity contribution in [3.8, 4) is 0 Å². The molecule has 0 spiro atoms. The van der Waals surface area contributed by atoms with Gasteiger partial charge in [0.25, 0.3) is 0 Å². The average Bonchev–Trinajstić information content (AvgIpc) is 3.11. The summed E-state index contributed by atoms with van der Waals surface area (Å²) < 4.78 is 20.6. The second kappa shape index (κ2) is 71.7. The van der Waals surface area contributed by atoms with E-state index in [2.05, 4.69) is 166 Å². The maximum absolute atomic E-state index is 10.3. The Bertz CT molecular complexity index is 805. The number of benzene rings is 3. The first-order valence-corrected chi connectivity index (χ1v) is 25.2. The molecule has 0 nitrogen and oxygen atoms in total. The monoisotopic (exact) mass is 808 g/mol. The third kappa shape index (κ3) is 68.8. The SMILES string of the molecule is CC.CC.CC.CCC.CCC.CC[18F].CC[18F].CC[P+](C)(C)c1ccccc1.CP(C)c1ccccc1.CP(C)c1ccccc1.F.[18F-].[CH3-].[K+]. The Morgan fingerprint density at radius 3 is 0.804 bits per heavy atom. The van der Waals surface area contributed by atoms with E-state index in [4.69, 9.17) is 0 Å². The van der Waals surface area contributed by atoms with Gasteiger partial charge in [-0.05, 0) is 70.2 Å². The number of rotatable bonds is 4. The molecule has 302 valence electrons. The molecule has 0 fully saturated rings. The van der Waals surface area contributed by atoms with E-state index in [1.54, 1.807) is 5.30 Å². The summed E-state index contributed by atoms with van der Waals surface area (Å²) in [4.78, 5) is 0. The van der Waals surface area contributed by atoms with Gasteiger partial charge < -0.3 is 12.1 Å². The molecule has 0 aliphatic heterocycles. The number of hydrogen-bond acceptors (Lipinski definition) is 0. The first-order chi connectivity index (χ1) is 22.4. The van der Waals surface area contributed by atoms with Crippen LogP contribution in [0.3, 0.4) is 0 Å². The van der Waals surface area contributed by atoms with Crippen molar-refractivity contribution in [1.82, 2.24) is 0 Å². The second-order valence-corrected chi connectivity index (χ2v) is 18.9. The van der Waals surface area contributed by atoms with Gasteiger partial charge in [0.05, 0.1) is 38.1 Å². The van der Waals surface area contributed by atoms with Gasteiger partial charge in [-0.2, -0.15) is 0 Å². The van der Waals surface area contributed by atoms with Gasteiger partial charge in [0.2, 0.25) is 0 Å². The average molecular weight is 808 g/mol. The fourth-order valence-corrected chi connectivity index (χ4v) is 5.35. The van der Waals surface area contributed by atoms with E-state index in [1.807, 2.05) is 41.5 Å². The maximum Gasteiger partial charge on any atom is 1.00 e. The normalized spacial score (nSPS) is 7.82. The first-order valence-electron chi connectivity index (χ1n) is 17.9. The van der Waals surface area contributed by atoms with Gasteiger partial charge in [-0.3, -0.25) is 13.5 Å². The molecule has 0 aliphatic carbocycles. The summed E-state index contributed by atoms with van der Waals surface area (Å²) >= 11 is 0. The van der Waals surface area contributed by atoms with Gasteiger partial charge >= 0.3 is 51.4 Å². The Balaban J connectivity index is -0.0000000414. The topological polar surface area (TPSA) is 0 Å². The molecule has 8 heteroatoms. The Kier molecular flexibility index (Phi) is 112. The summed E-state index contributed by atoms with van der Waals surface area (Å²) in [6, 6.07) is 32.1. The van der Waals surface area contributed by atoms with E-state index >= 15 is 0 Å². The van der Waals surface area contributed by atoms with Gasteiger partial charge in [-0.25, -0.2) is 0 Å². The summed E-state index contributed by atoms with van der Waals surface area (Å²) in [5, 5.41) is 4.50. The van der Waals surface area contributed by atoms with Crippen LogP contribution in [0.15, 0.2) is 91.0 Å². The van der Waals surface area contributed by atoms with E-state index in [9.17, 15) is 8.78 Å². The molecule has 0 aliphatic rings. The largest absolute Gasteiger partial charge is 1.00 e. The number of halogens is 4. The molecular weight excluding hydrogens is 721 g/mol. The van der Waals surface area contributed by atoms with Gasteiger partial charge in [0.1, 0.15) is 0 Å². The van der Waals surface area contributed by atoms with E-state index in [-0.39, 0.29) is 97.4 Å². The molecule has 0 bridgehead atoms. The van der Waals surface area contributed by atoms with E-state index < -0.39 is 7.26 Å². The zero-order valence-electron chi connectivity index (χ0n) is 37.6. The summed E-state index contributed by atoms with van der Waals surface area (Å²) in [7, 11) is -0.567. The minimum atomic E-state index is -0.776. The Morgan fingerprint density at radius 2 is 0.667 bits per heavy atom. The second-order valence-electron chi connectivity index (χ2n) is 9.75. The molecule has 3 aromatic rings. The van der Waals surface area contributed by atoms with Crippen LogP contribution >= 0.6 is 23.1 Å². The molecule has 0 amide bonds. The zero-order valence-corrected chi connectivity index (χ0v) is 43.4. The fourth-order valence-electron chi connectivity index (χ4n) is 2.47. The summed E-state index contributed by atoms with van der Waals surface area (Å²) in [5.41, 5.74) is 0. The third-order valence-corrected chi connectivity index (χ3v) is 10.7. The first kappa shape index (κ1) is 79.9. The van der Waals surface area contributed by atoms with Gasteiger partial charge in [0, 0.05) is 7.26 Å². The molecule has 3 rings (SSSR count). The smallest absolute Gasteiger partial charge is 1.00 e. The van der Waals surface area contributed by atoms with Crippen LogP contribution in [0.5, 0.6) is 0 Å². The molecule has 0 saturated heterocycles. The number of alkyl halides is 2. The Morgan fingerprint density at radius 1 is 0.490 bits per heavy atom. The minimum Gasteiger partial charge on any atom is -1.00 e. The van der Waals surface area contributed by atoms with Crippen molar-refractivity contribution in [2.75, 3.05) is 59.5 Å². The van der Waals surface area contributed by atoms with Crippen LogP contribution in [0.1, 0.15) is 103 Å². The molecule has 0 heterocycles. The molecule has 0 radical (unpaired) electrons. The predicted molar refractivity (Wildman–Crippen MR) is 243 cm³/mol. The molecule has 0 atom stereocenters. The van der Waals surface area contributed by atoms with Crippen LogP contribution in [-0.2, 0) is 0 Å². The van der Waals surface area contributed by atoms with Gasteiger partial charge in [-0.15, -0.1) is 0 Å². The third-order valence-electron chi connectivity index (χ3n) is 4.79. The molecule has 0 aromatic heterocycles. The molecule has 51 heavy (non-hydrogen) atoms.